The molecule has 1 atom stereocenters. The number of hydrogen-bond acceptors (Lipinski definition) is 4. The maximum atomic E-state index is 11.5. The lowest BCUT2D eigenvalue weighted by atomic mass is 10.0. The van der Waals surface area contributed by atoms with Gasteiger partial charge in [-0.25, -0.2) is 8.42 Å². The third kappa shape index (κ3) is 5.51. The van der Waals surface area contributed by atoms with Crippen LogP contribution in [0.25, 0.3) is 0 Å². The maximum Gasteiger partial charge on any atom is 0.150 e. The first kappa shape index (κ1) is 17.0. The second-order valence-corrected chi connectivity index (χ2v) is 7.35. The molecule has 1 aromatic rings. The molecule has 0 fully saturated rings. The molecule has 0 aliphatic carbocycles. The summed E-state index contributed by atoms with van der Waals surface area (Å²) in [5.41, 5.74) is 1.15. The van der Waals surface area contributed by atoms with Crippen LogP contribution in [-0.2, 0) is 16.3 Å². The van der Waals surface area contributed by atoms with Crippen molar-refractivity contribution >= 4 is 9.84 Å². The highest BCUT2D eigenvalue weighted by Crippen LogP contribution is 2.20. The lowest BCUT2D eigenvalue weighted by molar-refractivity contribution is 0.404. The van der Waals surface area contributed by atoms with Crippen molar-refractivity contribution in [1.82, 2.24) is 5.32 Å². The summed E-state index contributed by atoms with van der Waals surface area (Å²) in [6.07, 6.45) is 2.37. The van der Waals surface area contributed by atoms with Crippen LogP contribution in [-0.4, -0.2) is 40.1 Å². The minimum atomic E-state index is -2.86. The van der Waals surface area contributed by atoms with Gasteiger partial charge in [0.25, 0.3) is 0 Å². The number of nitrogens with one attached hydrogen (secondary N) is 1. The number of benzene rings is 1. The molecule has 20 heavy (non-hydrogen) atoms. The van der Waals surface area contributed by atoms with E-state index in [0.29, 0.717) is 6.42 Å². The second-order valence-electron chi connectivity index (χ2n) is 4.88. The van der Waals surface area contributed by atoms with E-state index >= 15 is 0 Å². The van der Waals surface area contributed by atoms with Gasteiger partial charge in [0.05, 0.1) is 12.9 Å². The molecule has 5 heteroatoms. The van der Waals surface area contributed by atoms with Crippen molar-refractivity contribution in [2.45, 2.75) is 32.2 Å². The Hall–Kier alpha value is -1.07. The Morgan fingerprint density at radius 3 is 2.60 bits per heavy atom. The molecule has 1 unspecified atom stereocenters. The van der Waals surface area contributed by atoms with E-state index < -0.39 is 9.84 Å². The van der Waals surface area contributed by atoms with Gasteiger partial charge in [0, 0.05) is 11.8 Å². The molecule has 0 saturated heterocycles. The van der Waals surface area contributed by atoms with Crippen molar-refractivity contribution in [1.29, 1.82) is 0 Å². The molecule has 1 aromatic carbocycles. The van der Waals surface area contributed by atoms with Crippen LogP contribution in [0.4, 0.5) is 0 Å². The summed E-state index contributed by atoms with van der Waals surface area (Å²) in [4.78, 5) is 0. The van der Waals surface area contributed by atoms with Crippen molar-refractivity contribution in [3.05, 3.63) is 29.8 Å². The lowest BCUT2D eigenvalue weighted by Gasteiger charge is -2.17. The zero-order valence-corrected chi connectivity index (χ0v) is 13.4. The third-order valence-electron chi connectivity index (χ3n) is 3.51. The summed E-state index contributed by atoms with van der Waals surface area (Å²) in [5, 5.41) is 3.26. The minimum absolute atomic E-state index is 0.226. The topological polar surface area (TPSA) is 55.4 Å². The highest BCUT2D eigenvalue weighted by Gasteiger charge is 2.13. The third-order valence-corrected chi connectivity index (χ3v) is 5.31. The van der Waals surface area contributed by atoms with E-state index in [9.17, 15) is 8.42 Å². The van der Waals surface area contributed by atoms with Gasteiger partial charge in [-0.3, -0.25) is 0 Å². The summed E-state index contributed by atoms with van der Waals surface area (Å²) in [6.45, 7) is 1.69. The number of para-hydroxylation sites is 1. The summed E-state index contributed by atoms with van der Waals surface area (Å²) in [5.74, 6) is 1.38. The van der Waals surface area contributed by atoms with E-state index in [1.54, 1.807) is 14.0 Å². The van der Waals surface area contributed by atoms with Gasteiger partial charge in [-0.05, 0) is 37.9 Å². The largest absolute Gasteiger partial charge is 0.496 e. The molecule has 0 aliphatic rings. The fourth-order valence-electron chi connectivity index (χ4n) is 2.18. The van der Waals surface area contributed by atoms with Gasteiger partial charge in [-0.1, -0.05) is 25.1 Å². The van der Waals surface area contributed by atoms with Crippen LogP contribution in [0.5, 0.6) is 5.75 Å². The van der Waals surface area contributed by atoms with Crippen LogP contribution >= 0.6 is 0 Å². The van der Waals surface area contributed by atoms with Gasteiger partial charge in [-0.15, -0.1) is 0 Å². The fraction of sp³-hybridized carbons (Fsp3) is 0.600. The number of sulfone groups is 1. The Morgan fingerprint density at radius 1 is 1.30 bits per heavy atom. The Kier molecular flexibility index (Phi) is 7.02. The van der Waals surface area contributed by atoms with Crippen molar-refractivity contribution in [2.24, 2.45) is 0 Å². The van der Waals surface area contributed by atoms with E-state index in [4.69, 9.17) is 4.74 Å². The Bertz CT molecular complexity index is 500. The van der Waals surface area contributed by atoms with Gasteiger partial charge >= 0.3 is 0 Å². The van der Waals surface area contributed by atoms with Crippen LogP contribution in [0.2, 0.25) is 0 Å². The molecule has 1 N–H and O–H groups in total. The van der Waals surface area contributed by atoms with E-state index in [0.717, 1.165) is 24.2 Å². The first-order valence-corrected chi connectivity index (χ1v) is 8.84. The molecule has 0 saturated carbocycles. The first-order valence-electron chi connectivity index (χ1n) is 7.02. The zero-order chi connectivity index (χ0) is 15.0. The van der Waals surface area contributed by atoms with Crippen LogP contribution in [0.15, 0.2) is 24.3 Å². The quantitative estimate of drug-likeness (QED) is 0.758. The van der Waals surface area contributed by atoms with Crippen LogP contribution in [0.3, 0.4) is 0 Å². The molecule has 114 valence electrons. The van der Waals surface area contributed by atoms with Crippen molar-refractivity contribution in [3.8, 4) is 5.75 Å². The molecular weight excluding hydrogens is 274 g/mol. The number of rotatable bonds is 9. The molecule has 1 rings (SSSR count). The van der Waals surface area contributed by atoms with E-state index in [1.165, 1.54) is 0 Å². The van der Waals surface area contributed by atoms with Gasteiger partial charge in [0.15, 0.2) is 0 Å². The molecule has 0 aromatic heterocycles. The number of likely N-dealkylation sites (N-methyl/N-ethyl adjacent to an activating group) is 1. The van der Waals surface area contributed by atoms with Crippen molar-refractivity contribution in [3.63, 3.8) is 0 Å². The second kappa shape index (κ2) is 8.27. The molecule has 0 bridgehead atoms. The normalized spacial score (nSPS) is 13.2. The van der Waals surface area contributed by atoms with Gasteiger partial charge in [0.2, 0.25) is 0 Å². The van der Waals surface area contributed by atoms with Gasteiger partial charge < -0.3 is 10.1 Å². The lowest BCUT2D eigenvalue weighted by Crippen LogP contribution is -2.28. The molecule has 0 aliphatic heterocycles. The molecular formula is C15H25NO3S. The standard InChI is InChI=1S/C15H25NO3S/c1-4-20(17,18)11-7-9-14(16-2)12-13-8-5-6-10-15(13)19-3/h5-6,8,10,14,16H,4,7,9,11-12H2,1-3H3. The molecule has 0 heterocycles. The van der Waals surface area contributed by atoms with Crippen LogP contribution in [0.1, 0.15) is 25.3 Å². The predicted molar refractivity (Wildman–Crippen MR) is 83.1 cm³/mol. The average molecular weight is 299 g/mol. The van der Waals surface area contributed by atoms with E-state index in [-0.39, 0.29) is 17.5 Å². The van der Waals surface area contributed by atoms with E-state index in [2.05, 4.69) is 5.32 Å². The molecule has 0 amide bonds. The van der Waals surface area contributed by atoms with Crippen molar-refractivity contribution < 1.29 is 13.2 Å². The highest BCUT2D eigenvalue weighted by molar-refractivity contribution is 7.91. The summed E-state index contributed by atoms with van der Waals surface area (Å²) in [7, 11) is 0.717. The SMILES string of the molecule is CCS(=O)(=O)CCCC(Cc1ccccc1OC)NC. The first-order chi connectivity index (χ1) is 9.52. The zero-order valence-electron chi connectivity index (χ0n) is 12.6. The van der Waals surface area contributed by atoms with Crippen LogP contribution in [0, 0.1) is 0 Å². The van der Waals surface area contributed by atoms with Crippen molar-refractivity contribution in [2.75, 3.05) is 25.7 Å². The highest BCUT2D eigenvalue weighted by atomic mass is 32.2. The number of hydrogen-bond donors (Lipinski definition) is 1. The molecule has 4 nitrogen and oxygen atoms in total. The monoisotopic (exact) mass is 299 g/mol. The molecule has 0 radical (unpaired) electrons. The Labute approximate surface area is 122 Å². The maximum absolute atomic E-state index is 11.5. The number of ether oxygens (including phenoxy) is 1. The summed E-state index contributed by atoms with van der Waals surface area (Å²) in [6, 6.07) is 8.20. The summed E-state index contributed by atoms with van der Waals surface area (Å²) >= 11 is 0. The van der Waals surface area contributed by atoms with E-state index in [1.807, 2.05) is 31.3 Å². The fourth-order valence-corrected chi connectivity index (χ4v) is 3.07. The number of methoxy groups -OCH3 is 1. The minimum Gasteiger partial charge on any atom is -0.496 e. The average Bonchev–Trinajstić information content (AvgIpc) is 2.46. The van der Waals surface area contributed by atoms with Crippen LogP contribution < -0.4 is 10.1 Å². The Morgan fingerprint density at radius 2 is 2.00 bits per heavy atom. The molecule has 0 spiro atoms. The van der Waals surface area contributed by atoms with Gasteiger partial charge in [-0.2, -0.15) is 0 Å². The van der Waals surface area contributed by atoms with Gasteiger partial charge in [0.1, 0.15) is 15.6 Å². The Balaban J connectivity index is 2.55. The summed E-state index contributed by atoms with van der Waals surface area (Å²) < 4.78 is 28.3. The predicted octanol–water partition coefficient (Wildman–Crippen LogP) is 2.04. The smallest absolute Gasteiger partial charge is 0.150 e.